The van der Waals surface area contributed by atoms with Crippen molar-refractivity contribution in [3.05, 3.63) is 71.8 Å². The van der Waals surface area contributed by atoms with Crippen molar-refractivity contribution in [2.75, 3.05) is 0 Å². The van der Waals surface area contributed by atoms with Gasteiger partial charge in [-0.15, -0.1) is 0 Å². The second-order valence-corrected chi connectivity index (χ2v) is 6.04. The van der Waals surface area contributed by atoms with E-state index in [0.29, 0.717) is 0 Å². The van der Waals surface area contributed by atoms with E-state index in [-0.39, 0.29) is 0 Å². The number of H-pyrrole nitrogens is 1. The molecular weight excluding hydrogens is 290 g/mol. The zero-order chi connectivity index (χ0) is 14.7. The van der Waals surface area contributed by atoms with Gasteiger partial charge in [0.15, 0.2) is 0 Å². The van der Waals surface area contributed by atoms with Gasteiger partial charge in [-0.1, -0.05) is 66.2 Å². The fraction of sp³-hybridized carbons (Fsp3) is 0. The van der Waals surface area contributed by atoms with Crippen molar-refractivity contribution < 1.29 is 0 Å². The molecule has 0 saturated carbocycles. The van der Waals surface area contributed by atoms with Crippen LogP contribution in [0.2, 0.25) is 5.02 Å². The molecule has 5 aromatic rings. The maximum atomic E-state index is 6.51. The maximum Gasteiger partial charge on any atom is 0.0551 e. The summed E-state index contributed by atoms with van der Waals surface area (Å²) < 4.78 is 0. The lowest BCUT2D eigenvalue weighted by atomic mass is 9.97. The molecule has 0 aliphatic rings. The first-order valence-corrected chi connectivity index (χ1v) is 7.72. The van der Waals surface area contributed by atoms with E-state index in [1.807, 2.05) is 12.1 Å². The lowest BCUT2D eigenvalue weighted by molar-refractivity contribution is 1.56. The minimum absolute atomic E-state index is 0.796. The maximum absolute atomic E-state index is 6.51. The molecule has 2 heteroatoms. The summed E-state index contributed by atoms with van der Waals surface area (Å²) in [4.78, 5) is 3.57. The normalized spacial score (nSPS) is 11.9. The summed E-state index contributed by atoms with van der Waals surface area (Å²) in [6.45, 7) is 0. The fourth-order valence-corrected chi connectivity index (χ4v) is 3.82. The molecular formula is C20H12ClN. The summed E-state index contributed by atoms with van der Waals surface area (Å²) in [5, 5.41) is 8.15. The van der Waals surface area contributed by atoms with Crippen molar-refractivity contribution in [3.63, 3.8) is 0 Å². The van der Waals surface area contributed by atoms with Crippen LogP contribution >= 0.6 is 11.6 Å². The van der Waals surface area contributed by atoms with Gasteiger partial charge in [0.2, 0.25) is 0 Å². The van der Waals surface area contributed by atoms with E-state index in [9.17, 15) is 0 Å². The Morgan fingerprint density at radius 3 is 2.00 bits per heavy atom. The molecule has 1 heterocycles. The summed E-state index contributed by atoms with van der Waals surface area (Å²) in [6.07, 6.45) is 0. The summed E-state index contributed by atoms with van der Waals surface area (Å²) in [5.41, 5.74) is 2.25. The molecule has 4 aromatic carbocycles. The number of aromatic amines is 1. The lowest BCUT2D eigenvalue weighted by Crippen LogP contribution is -1.80. The molecule has 5 rings (SSSR count). The van der Waals surface area contributed by atoms with Crippen molar-refractivity contribution in [2.45, 2.75) is 0 Å². The molecule has 1 nitrogen and oxygen atoms in total. The summed E-state index contributed by atoms with van der Waals surface area (Å²) in [6, 6.07) is 23.1. The third-order valence-corrected chi connectivity index (χ3v) is 4.77. The van der Waals surface area contributed by atoms with Crippen LogP contribution in [0.3, 0.4) is 0 Å². The van der Waals surface area contributed by atoms with Crippen LogP contribution in [0.4, 0.5) is 0 Å². The minimum atomic E-state index is 0.796. The standard InChI is InChI=1S/C20H12ClN/c21-16-10-5-11-17-19(16)18-14-8-3-1-6-12(14)13-7-2-4-9-15(13)20(18)22-17/h1-11,22H. The molecule has 0 saturated heterocycles. The molecule has 22 heavy (non-hydrogen) atoms. The second kappa shape index (κ2) is 4.25. The number of fused-ring (bicyclic) bond motifs is 8. The highest BCUT2D eigenvalue weighted by Gasteiger charge is 2.14. The highest BCUT2D eigenvalue weighted by molar-refractivity contribution is 6.41. The number of aromatic nitrogens is 1. The number of nitrogens with one attached hydrogen (secondary N) is 1. The van der Waals surface area contributed by atoms with Crippen molar-refractivity contribution in [1.29, 1.82) is 0 Å². The molecule has 1 N–H and O–H groups in total. The molecule has 0 unspecified atom stereocenters. The van der Waals surface area contributed by atoms with Crippen LogP contribution in [0.15, 0.2) is 66.7 Å². The third kappa shape index (κ3) is 1.44. The number of benzene rings is 4. The predicted octanol–water partition coefficient (Wildman–Crippen LogP) is 6.28. The van der Waals surface area contributed by atoms with Crippen molar-refractivity contribution in [3.8, 4) is 0 Å². The van der Waals surface area contributed by atoms with Gasteiger partial charge in [0.25, 0.3) is 0 Å². The zero-order valence-corrected chi connectivity index (χ0v) is 12.5. The Bertz CT molecular complexity index is 1180. The molecule has 0 radical (unpaired) electrons. The van der Waals surface area contributed by atoms with Crippen molar-refractivity contribution in [1.82, 2.24) is 4.98 Å². The van der Waals surface area contributed by atoms with Gasteiger partial charge >= 0.3 is 0 Å². The van der Waals surface area contributed by atoms with Crippen molar-refractivity contribution in [2.24, 2.45) is 0 Å². The van der Waals surface area contributed by atoms with Crippen LogP contribution < -0.4 is 0 Å². The molecule has 0 amide bonds. The molecule has 0 atom stereocenters. The fourth-order valence-electron chi connectivity index (χ4n) is 3.55. The van der Waals surface area contributed by atoms with Crippen LogP contribution in [-0.4, -0.2) is 4.98 Å². The molecule has 0 aliphatic heterocycles. The highest BCUT2D eigenvalue weighted by Crippen LogP contribution is 2.40. The van der Waals surface area contributed by atoms with E-state index < -0.39 is 0 Å². The predicted molar refractivity (Wildman–Crippen MR) is 95.8 cm³/mol. The van der Waals surface area contributed by atoms with E-state index in [4.69, 9.17) is 11.6 Å². The van der Waals surface area contributed by atoms with Gasteiger partial charge in [0.1, 0.15) is 0 Å². The smallest absolute Gasteiger partial charge is 0.0551 e. The van der Waals surface area contributed by atoms with Crippen LogP contribution in [0.25, 0.3) is 43.4 Å². The van der Waals surface area contributed by atoms with Gasteiger partial charge in [-0.3, -0.25) is 0 Å². The number of hydrogen-bond acceptors (Lipinski definition) is 0. The third-order valence-electron chi connectivity index (χ3n) is 4.46. The van der Waals surface area contributed by atoms with Gasteiger partial charge in [-0.25, -0.2) is 0 Å². The SMILES string of the molecule is Clc1cccc2[nH]c3c4ccccc4c4ccccc4c3c12. The first-order valence-electron chi connectivity index (χ1n) is 7.34. The Labute approximate surface area is 132 Å². The van der Waals surface area contributed by atoms with Crippen LogP contribution in [0.1, 0.15) is 0 Å². The topological polar surface area (TPSA) is 15.8 Å². The Hall–Kier alpha value is -2.51. The molecule has 0 spiro atoms. The van der Waals surface area contributed by atoms with E-state index >= 15 is 0 Å². The Kier molecular flexibility index (Phi) is 2.33. The number of hydrogen-bond donors (Lipinski definition) is 1. The van der Waals surface area contributed by atoms with Crippen LogP contribution in [0.5, 0.6) is 0 Å². The van der Waals surface area contributed by atoms with E-state index in [2.05, 4.69) is 59.6 Å². The van der Waals surface area contributed by atoms with Gasteiger partial charge in [0, 0.05) is 21.7 Å². The van der Waals surface area contributed by atoms with Crippen molar-refractivity contribution >= 4 is 55.0 Å². The highest BCUT2D eigenvalue weighted by atomic mass is 35.5. The first kappa shape index (κ1) is 12.1. The first-order chi connectivity index (χ1) is 10.8. The van der Waals surface area contributed by atoms with Gasteiger partial charge in [-0.05, 0) is 28.3 Å². The lowest BCUT2D eigenvalue weighted by Gasteiger charge is -2.07. The number of rotatable bonds is 0. The van der Waals surface area contributed by atoms with E-state index in [1.54, 1.807) is 0 Å². The summed E-state index contributed by atoms with van der Waals surface area (Å²) in [7, 11) is 0. The van der Waals surface area contributed by atoms with E-state index in [0.717, 1.165) is 21.4 Å². The second-order valence-electron chi connectivity index (χ2n) is 5.63. The molecule has 104 valence electrons. The summed E-state index contributed by atoms with van der Waals surface area (Å²) in [5.74, 6) is 0. The van der Waals surface area contributed by atoms with Gasteiger partial charge < -0.3 is 4.98 Å². The average Bonchev–Trinajstić information content (AvgIpc) is 2.96. The monoisotopic (exact) mass is 301 g/mol. The van der Waals surface area contributed by atoms with E-state index in [1.165, 1.54) is 26.9 Å². The Morgan fingerprint density at radius 1 is 0.591 bits per heavy atom. The summed E-state index contributed by atoms with van der Waals surface area (Å²) >= 11 is 6.51. The van der Waals surface area contributed by atoms with Gasteiger partial charge in [0.05, 0.1) is 10.5 Å². The van der Waals surface area contributed by atoms with Crippen LogP contribution in [0, 0.1) is 0 Å². The zero-order valence-electron chi connectivity index (χ0n) is 11.7. The van der Waals surface area contributed by atoms with Gasteiger partial charge in [-0.2, -0.15) is 0 Å². The Morgan fingerprint density at radius 2 is 1.23 bits per heavy atom. The minimum Gasteiger partial charge on any atom is -0.354 e. The largest absolute Gasteiger partial charge is 0.354 e. The molecule has 0 fully saturated rings. The molecule has 0 bridgehead atoms. The quantitative estimate of drug-likeness (QED) is 0.324. The number of halogens is 1. The van der Waals surface area contributed by atoms with Crippen LogP contribution in [-0.2, 0) is 0 Å². The molecule has 0 aliphatic carbocycles. The Balaban J connectivity index is 2.26. The average molecular weight is 302 g/mol. The molecule has 1 aromatic heterocycles.